The summed E-state index contributed by atoms with van der Waals surface area (Å²) in [6.07, 6.45) is 0. The average molecular weight is 325 g/mol. The molecule has 1 aliphatic rings. The summed E-state index contributed by atoms with van der Waals surface area (Å²) in [6, 6.07) is 13.4. The fourth-order valence-corrected chi connectivity index (χ4v) is 2.23. The second kappa shape index (κ2) is 7.04. The molecule has 0 atom stereocenters. The summed E-state index contributed by atoms with van der Waals surface area (Å²) in [5.41, 5.74) is 6.17. The molecule has 6 nitrogen and oxygen atoms in total. The van der Waals surface area contributed by atoms with E-state index >= 15 is 0 Å². The number of aryl methyl sites for hydroxylation is 1. The molecule has 0 saturated heterocycles. The zero-order valence-electron chi connectivity index (χ0n) is 13.6. The molecule has 6 heteroatoms. The van der Waals surface area contributed by atoms with Crippen molar-refractivity contribution >= 4 is 17.3 Å². The molecule has 0 spiro atoms. The number of benzene rings is 2. The monoisotopic (exact) mass is 325 g/mol. The molecule has 0 radical (unpaired) electrons. The molecule has 1 aliphatic heterocycles. The van der Waals surface area contributed by atoms with Crippen molar-refractivity contribution in [2.75, 3.05) is 18.7 Å². The highest BCUT2D eigenvalue weighted by molar-refractivity contribution is 6.00. The van der Waals surface area contributed by atoms with Crippen molar-refractivity contribution in [1.82, 2.24) is 5.43 Å². The Balaban J connectivity index is 1.54. The first-order valence-corrected chi connectivity index (χ1v) is 7.65. The van der Waals surface area contributed by atoms with Crippen LogP contribution >= 0.6 is 0 Å². The van der Waals surface area contributed by atoms with Crippen molar-refractivity contribution in [3.63, 3.8) is 0 Å². The van der Waals surface area contributed by atoms with E-state index in [1.807, 2.05) is 56.3 Å². The van der Waals surface area contributed by atoms with Crippen LogP contribution in [-0.2, 0) is 4.79 Å². The zero-order chi connectivity index (χ0) is 16.9. The van der Waals surface area contributed by atoms with Gasteiger partial charge in [0, 0.05) is 11.3 Å². The first-order chi connectivity index (χ1) is 11.6. The van der Waals surface area contributed by atoms with E-state index in [4.69, 9.17) is 9.47 Å². The molecule has 0 aromatic heterocycles. The maximum absolute atomic E-state index is 11.9. The van der Waals surface area contributed by atoms with Gasteiger partial charge in [0.1, 0.15) is 0 Å². The molecule has 1 heterocycles. The van der Waals surface area contributed by atoms with Crippen LogP contribution in [0, 0.1) is 6.92 Å². The summed E-state index contributed by atoms with van der Waals surface area (Å²) < 4.78 is 10.6. The van der Waals surface area contributed by atoms with Crippen LogP contribution in [0.25, 0.3) is 0 Å². The van der Waals surface area contributed by atoms with Gasteiger partial charge in [-0.15, -0.1) is 0 Å². The van der Waals surface area contributed by atoms with Crippen molar-refractivity contribution in [1.29, 1.82) is 0 Å². The van der Waals surface area contributed by atoms with Gasteiger partial charge in [0.2, 0.25) is 6.79 Å². The Labute approximate surface area is 140 Å². The lowest BCUT2D eigenvalue weighted by Gasteiger charge is -2.07. The Morgan fingerprint density at radius 2 is 1.88 bits per heavy atom. The number of rotatable bonds is 5. The van der Waals surface area contributed by atoms with E-state index in [1.54, 1.807) is 0 Å². The molecule has 24 heavy (non-hydrogen) atoms. The third kappa shape index (κ3) is 3.84. The molecular weight excluding hydrogens is 306 g/mol. The summed E-state index contributed by atoms with van der Waals surface area (Å²) in [4.78, 5) is 11.9. The maximum atomic E-state index is 11.9. The number of anilines is 1. The number of fused-ring (bicyclic) bond motifs is 1. The summed E-state index contributed by atoms with van der Waals surface area (Å²) in [6.45, 7) is 4.23. The lowest BCUT2D eigenvalue weighted by molar-refractivity contribution is -0.119. The normalized spacial score (nSPS) is 12.8. The summed E-state index contributed by atoms with van der Waals surface area (Å²) >= 11 is 0. The Morgan fingerprint density at radius 3 is 2.67 bits per heavy atom. The fourth-order valence-electron chi connectivity index (χ4n) is 2.23. The minimum atomic E-state index is -0.212. The number of amides is 1. The minimum Gasteiger partial charge on any atom is -0.454 e. The van der Waals surface area contributed by atoms with Crippen LogP contribution in [0.1, 0.15) is 18.1 Å². The number of hydrazone groups is 1. The zero-order valence-corrected chi connectivity index (χ0v) is 13.6. The quantitative estimate of drug-likeness (QED) is 0.655. The molecular formula is C18H19N3O3. The van der Waals surface area contributed by atoms with E-state index in [-0.39, 0.29) is 19.2 Å². The largest absolute Gasteiger partial charge is 0.454 e. The predicted octanol–water partition coefficient (Wildman–Crippen LogP) is 2.68. The third-order valence-corrected chi connectivity index (χ3v) is 3.64. The van der Waals surface area contributed by atoms with Gasteiger partial charge in [0.25, 0.3) is 5.91 Å². The fraction of sp³-hybridized carbons (Fsp3) is 0.222. The van der Waals surface area contributed by atoms with Crippen LogP contribution < -0.4 is 20.2 Å². The molecule has 124 valence electrons. The third-order valence-electron chi connectivity index (χ3n) is 3.64. The maximum Gasteiger partial charge on any atom is 0.259 e. The van der Waals surface area contributed by atoms with E-state index in [9.17, 15) is 4.79 Å². The molecule has 1 amide bonds. The van der Waals surface area contributed by atoms with Crippen LogP contribution in [-0.4, -0.2) is 25.0 Å². The topological polar surface area (TPSA) is 72.0 Å². The van der Waals surface area contributed by atoms with Crippen molar-refractivity contribution in [2.45, 2.75) is 13.8 Å². The van der Waals surface area contributed by atoms with Crippen LogP contribution in [0.2, 0.25) is 0 Å². The molecule has 0 unspecified atom stereocenters. The first-order valence-electron chi connectivity index (χ1n) is 7.65. The van der Waals surface area contributed by atoms with Gasteiger partial charge >= 0.3 is 0 Å². The minimum absolute atomic E-state index is 0.154. The SMILES string of the molecule is C/C(=N/NC(=O)CNc1ccc(C)cc1)c1ccc2c(c1)OCO2. The van der Waals surface area contributed by atoms with Gasteiger partial charge in [0.15, 0.2) is 11.5 Å². The van der Waals surface area contributed by atoms with E-state index in [2.05, 4.69) is 15.8 Å². The molecule has 2 N–H and O–H groups in total. The lowest BCUT2D eigenvalue weighted by Crippen LogP contribution is -2.26. The summed E-state index contributed by atoms with van der Waals surface area (Å²) in [7, 11) is 0. The highest BCUT2D eigenvalue weighted by Gasteiger charge is 2.14. The van der Waals surface area contributed by atoms with Gasteiger partial charge in [-0.1, -0.05) is 17.7 Å². The molecule has 0 fully saturated rings. The van der Waals surface area contributed by atoms with Crippen LogP contribution in [0.15, 0.2) is 47.6 Å². The number of nitrogens with one attached hydrogen (secondary N) is 2. The summed E-state index contributed by atoms with van der Waals surface area (Å²) in [5, 5.41) is 7.18. The highest BCUT2D eigenvalue weighted by atomic mass is 16.7. The van der Waals surface area contributed by atoms with Gasteiger partial charge < -0.3 is 14.8 Å². The number of carbonyl (C=O) groups excluding carboxylic acids is 1. The van der Waals surface area contributed by atoms with Gasteiger partial charge in [-0.05, 0) is 44.2 Å². The van der Waals surface area contributed by atoms with Gasteiger partial charge in [0.05, 0.1) is 12.3 Å². The van der Waals surface area contributed by atoms with E-state index < -0.39 is 0 Å². The molecule has 0 saturated carbocycles. The Bertz CT molecular complexity index is 770. The second-order valence-electron chi connectivity index (χ2n) is 5.52. The van der Waals surface area contributed by atoms with Crippen molar-refractivity contribution in [3.8, 4) is 11.5 Å². The average Bonchev–Trinajstić information content (AvgIpc) is 3.06. The van der Waals surface area contributed by atoms with E-state index in [0.29, 0.717) is 11.5 Å². The van der Waals surface area contributed by atoms with E-state index in [0.717, 1.165) is 17.0 Å². The van der Waals surface area contributed by atoms with Crippen LogP contribution in [0.4, 0.5) is 5.69 Å². The predicted molar refractivity (Wildman–Crippen MR) is 92.6 cm³/mol. The van der Waals surface area contributed by atoms with E-state index in [1.165, 1.54) is 5.56 Å². The Kier molecular flexibility index (Phi) is 4.65. The lowest BCUT2D eigenvalue weighted by atomic mass is 10.1. The smallest absolute Gasteiger partial charge is 0.259 e. The van der Waals surface area contributed by atoms with Gasteiger partial charge in [-0.3, -0.25) is 4.79 Å². The van der Waals surface area contributed by atoms with Crippen molar-refractivity contribution in [3.05, 3.63) is 53.6 Å². The van der Waals surface area contributed by atoms with Gasteiger partial charge in [-0.25, -0.2) is 5.43 Å². The van der Waals surface area contributed by atoms with Gasteiger partial charge in [-0.2, -0.15) is 5.10 Å². The molecule has 2 aromatic carbocycles. The number of nitrogens with zero attached hydrogens (tertiary/aromatic N) is 1. The number of hydrogen-bond donors (Lipinski definition) is 2. The van der Waals surface area contributed by atoms with Crippen molar-refractivity contribution in [2.24, 2.45) is 5.10 Å². The molecule has 2 aromatic rings. The van der Waals surface area contributed by atoms with Crippen LogP contribution in [0.3, 0.4) is 0 Å². The second-order valence-corrected chi connectivity index (χ2v) is 5.52. The molecule has 0 aliphatic carbocycles. The van der Waals surface area contributed by atoms with Crippen LogP contribution in [0.5, 0.6) is 11.5 Å². The standard InChI is InChI=1S/C18H19N3O3/c1-12-3-6-15(7-4-12)19-10-18(22)21-20-13(2)14-5-8-16-17(9-14)24-11-23-16/h3-9,19H,10-11H2,1-2H3,(H,21,22)/b20-13-. The Hall–Kier alpha value is -3.02. The highest BCUT2D eigenvalue weighted by Crippen LogP contribution is 2.32. The summed E-state index contributed by atoms with van der Waals surface area (Å²) in [5.74, 6) is 1.20. The number of hydrogen-bond acceptors (Lipinski definition) is 5. The van der Waals surface area contributed by atoms with Crippen molar-refractivity contribution < 1.29 is 14.3 Å². The number of ether oxygens (including phenoxy) is 2. The molecule has 3 rings (SSSR count). The first kappa shape index (κ1) is 15.9. The number of carbonyl (C=O) groups is 1. The Morgan fingerprint density at radius 1 is 1.12 bits per heavy atom. The molecule has 0 bridgehead atoms.